The Morgan fingerprint density at radius 2 is 1.81 bits per heavy atom. The number of amides is 1. The summed E-state index contributed by atoms with van der Waals surface area (Å²) in [5, 5.41) is 7.99. The Hall–Kier alpha value is -3.75. The smallest absolute Gasteiger partial charge is 0.297 e. The fraction of sp³-hybridized carbons (Fsp3) is 0.0435. The van der Waals surface area contributed by atoms with Gasteiger partial charge in [0.15, 0.2) is 0 Å². The van der Waals surface area contributed by atoms with Crippen molar-refractivity contribution in [1.82, 2.24) is 9.97 Å². The van der Waals surface area contributed by atoms with Gasteiger partial charge >= 0.3 is 0 Å². The third-order valence-corrected chi connectivity index (χ3v) is 5.72. The van der Waals surface area contributed by atoms with Gasteiger partial charge in [-0.3, -0.25) is 19.4 Å². The Labute approximate surface area is 192 Å². The summed E-state index contributed by atoms with van der Waals surface area (Å²) in [5.74, 6) is -1.07. The zero-order valence-corrected chi connectivity index (χ0v) is 18.4. The highest BCUT2D eigenvalue weighted by atomic mass is 35.5. The molecule has 0 unspecified atom stereocenters. The van der Waals surface area contributed by atoms with E-state index in [2.05, 4.69) is 20.6 Å². The van der Waals surface area contributed by atoms with Crippen molar-refractivity contribution in [1.29, 1.82) is 0 Å². The summed E-state index contributed by atoms with van der Waals surface area (Å²) >= 11 is 7.12. The highest BCUT2D eigenvalue weighted by molar-refractivity contribution is 7.13. The number of thiophene rings is 1. The molecular weight excluding hydrogens is 448 g/mol. The number of aromatic amines is 1. The second kappa shape index (κ2) is 9.17. The summed E-state index contributed by atoms with van der Waals surface area (Å²) in [5.41, 5.74) is 2.32. The predicted molar refractivity (Wildman–Crippen MR) is 127 cm³/mol. The Kier molecular flexibility index (Phi) is 6.16. The van der Waals surface area contributed by atoms with E-state index in [1.54, 1.807) is 73.0 Å². The third kappa shape index (κ3) is 4.77. The first-order valence-corrected chi connectivity index (χ1v) is 10.8. The van der Waals surface area contributed by atoms with Gasteiger partial charge in [-0.05, 0) is 54.8 Å². The molecule has 0 aliphatic heterocycles. The molecule has 32 heavy (non-hydrogen) atoms. The standard InChI is InChI=1S/C23H17ClN4O3S/c1-13-19(27-23(28-21(13)30)26-16-9-7-15(24)8-10-16)14-4-2-5-17(12-14)25-22(31)20(29)18-6-3-11-32-18/h2-12H,1H3,(H,25,31)(H2,26,27,28,30). The van der Waals surface area contributed by atoms with Crippen molar-refractivity contribution < 1.29 is 9.59 Å². The maximum Gasteiger partial charge on any atom is 0.297 e. The average molecular weight is 465 g/mol. The normalized spacial score (nSPS) is 10.6. The number of Topliss-reactive ketones (excluding diaryl/α,β-unsaturated/α-hetero) is 1. The lowest BCUT2D eigenvalue weighted by Gasteiger charge is -2.11. The van der Waals surface area contributed by atoms with Crippen LogP contribution in [0.2, 0.25) is 5.02 Å². The fourth-order valence-corrected chi connectivity index (χ4v) is 3.78. The van der Waals surface area contributed by atoms with E-state index >= 15 is 0 Å². The maximum atomic E-state index is 12.5. The minimum absolute atomic E-state index is 0.264. The zero-order valence-electron chi connectivity index (χ0n) is 16.8. The molecular formula is C23H17ClN4O3S. The Bertz CT molecular complexity index is 1350. The van der Waals surface area contributed by atoms with Crippen LogP contribution in [0.25, 0.3) is 11.3 Å². The molecule has 0 saturated heterocycles. The largest absolute Gasteiger partial charge is 0.326 e. The molecule has 0 spiro atoms. The summed E-state index contributed by atoms with van der Waals surface area (Å²) in [6.07, 6.45) is 0. The SMILES string of the molecule is Cc1c(-c2cccc(NC(=O)C(=O)c3cccs3)c2)nc(Nc2ccc(Cl)cc2)[nH]c1=O. The average Bonchev–Trinajstić information content (AvgIpc) is 3.32. The lowest BCUT2D eigenvalue weighted by atomic mass is 10.1. The molecule has 160 valence electrons. The molecule has 0 radical (unpaired) electrons. The highest BCUT2D eigenvalue weighted by Crippen LogP contribution is 2.25. The summed E-state index contributed by atoms with van der Waals surface area (Å²) in [6.45, 7) is 1.67. The van der Waals surface area contributed by atoms with Gasteiger partial charge in [-0.25, -0.2) is 4.98 Å². The number of hydrogen-bond donors (Lipinski definition) is 3. The lowest BCUT2D eigenvalue weighted by Crippen LogP contribution is -2.22. The summed E-state index contributed by atoms with van der Waals surface area (Å²) in [6, 6.07) is 17.1. The van der Waals surface area contributed by atoms with Gasteiger partial charge in [0, 0.05) is 27.5 Å². The number of benzene rings is 2. The van der Waals surface area contributed by atoms with Crippen molar-refractivity contribution in [3.05, 3.63) is 91.9 Å². The van der Waals surface area contributed by atoms with Gasteiger partial charge in [0.05, 0.1) is 10.6 Å². The van der Waals surface area contributed by atoms with Crippen molar-refractivity contribution in [2.45, 2.75) is 6.92 Å². The van der Waals surface area contributed by atoms with E-state index in [0.717, 1.165) is 0 Å². The van der Waals surface area contributed by atoms with Gasteiger partial charge in [-0.2, -0.15) is 0 Å². The van der Waals surface area contributed by atoms with Crippen LogP contribution in [0, 0.1) is 6.92 Å². The van der Waals surface area contributed by atoms with Gasteiger partial charge in [-0.15, -0.1) is 11.3 Å². The molecule has 0 aliphatic rings. The quantitative estimate of drug-likeness (QED) is 0.274. The number of aromatic nitrogens is 2. The number of carbonyl (C=O) groups excluding carboxylic acids is 2. The minimum atomic E-state index is -0.731. The number of hydrogen-bond acceptors (Lipinski definition) is 6. The van der Waals surface area contributed by atoms with Crippen LogP contribution in [0.15, 0.2) is 70.8 Å². The first-order valence-electron chi connectivity index (χ1n) is 9.54. The number of ketones is 1. The van der Waals surface area contributed by atoms with E-state index < -0.39 is 11.7 Å². The number of nitrogens with zero attached hydrogens (tertiary/aromatic N) is 1. The third-order valence-electron chi connectivity index (χ3n) is 4.60. The van der Waals surface area contributed by atoms with Crippen molar-refractivity contribution in [2.75, 3.05) is 10.6 Å². The van der Waals surface area contributed by atoms with Crippen LogP contribution in [0.4, 0.5) is 17.3 Å². The van der Waals surface area contributed by atoms with E-state index in [0.29, 0.717) is 38.1 Å². The van der Waals surface area contributed by atoms with E-state index in [1.165, 1.54) is 11.3 Å². The van der Waals surface area contributed by atoms with Gasteiger partial charge in [0.25, 0.3) is 17.2 Å². The Morgan fingerprint density at radius 3 is 2.53 bits per heavy atom. The fourth-order valence-electron chi connectivity index (χ4n) is 2.99. The Balaban J connectivity index is 1.61. The second-order valence-electron chi connectivity index (χ2n) is 6.86. The van der Waals surface area contributed by atoms with Crippen LogP contribution in [-0.2, 0) is 4.79 Å². The molecule has 4 aromatic rings. The number of rotatable bonds is 6. The Morgan fingerprint density at radius 1 is 1.03 bits per heavy atom. The van der Waals surface area contributed by atoms with Crippen molar-refractivity contribution in [3.8, 4) is 11.3 Å². The molecule has 2 aromatic heterocycles. The lowest BCUT2D eigenvalue weighted by molar-refractivity contribution is -0.112. The van der Waals surface area contributed by atoms with Crippen LogP contribution < -0.4 is 16.2 Å². The molecule has 7 nitrogen and oxygen atoms in total. The summed E-state index contributed by atoms with van der Waals surface area (Å²) in [4.78, 5) is 44.6. The highest BCUT2D eigenvalue weighted by Gasteiger charge is 2.18. The zero-order chi connectivity index (χ0) is 22.7. The molecule has 0 saturated carbocycles. The summed E-state index contributed by atoms with van der Waals surface area (Å²) < 4.78 is 0. The van der Waals surface area contributed by atoms with Crippen molar-refractivity contribution in [3.63, 3.8) is 0 Å². The number of nitrogens with one attached hydrogen (secondary N) is 3. The predicted octanol–water partition coefficient (Wildman–Crippen LogP) is 5.03. The molecule has 4 rings (SSSR count). The number of anilines is 3. The van der Waals surface area contributed by atoms with E-state index in [4.69, 9.17) is 11.6 Å². The molecule has 9 heteroatoms. The minimum Gasteiger partial charge on any atom is -0.326 e. The number of carbonyl (C=O) groups is 2. The molecule has 2 heterocycles. The topological polar surface area (TPSA) is 104 Å². The molecule has 0 atom stereocenters. The molecule has 1 amide bonds. The molecule has 0 fully saturated rings. The first-order chi connectivity index (χ1) is 15.4. The van der Waals surface area contributed by atoms with Gasteiger partial charge in [0.2, 0.25) is 5.95 Å². The van der Waals surface area contributed by atoms with Crippen LogP contribution in [0.5, 0.6) is 0 Å². The van der Waals surface area contributed by atoms with E-state index in [1.807, 2.05) is 0 Å². The second-order valence-corrected chi connectivity index (χ2v) is 8.25. The van der Waals surface area contributed by atoms with Gasteiger partial charge in [-0.1, -0.05) is 29.8 Å². The summed E-state index contributed by atoms with van der Waals surface area (Å²) in [7, 11) is 0. The van der Waals surface area contributed by atoms with Crippen LogP contribution in [-0.4, -0.2) is 21.7 Å². The van der Waals surface area contributed by atoms with Gasteiger partial charge in [0.1, 0.15) is 0 Å². The number of H-pyrrole nitrogens is 1. The molecule has 0 bridgehead atoms. The van der Waals surface area contributed by atoms with Crippen LogP contribution >= 0.6 is 22.9 Å². The van der Waals surface area contributed by atoms with Crippen molar-refractivity contribution in [2.24, 2.45) is 0 Å². The van der Waals surface area contributed by atoms with Crippen LogP contribution in [0.1, 0.15) is 15.2 Å². The molecule has 3 N–H and O–H groups in total. The molecule has 2 aromatic carbocycles. The molecule has 0 aliphatic carbocycles. The monoisotopic (exact) mass is 464 g/mol. The van der Waals surface area contributed by atoms with Gasteiger partial charge < -0.3 is 10.6 Å². The van der Waals surface area contributed by atoms with Crippen molar-refractivity contribution >= 4 is 52.0 Å². The van der Waals surface area contributed by atoms with E-state index in [9.17, 15) is 14.4 Å². The first kappa shape index (κ1) is 21.5. The maximum absolute atomic E-state index is 12.5. The van der Waals surface area contributed by atoms with E-state index in [-0.39, 0.29) is 11.5 Å². The van der Waals surface area contributed by atoms with Crippen LogP contribution in [0.3, 0.4) is 0 Å². The number of halogens is 1.